The van der Waals surface area contributed by atoms with E-state index in [0.717, 1.165) is 6.54 Å². The van der Waals surface area contributed by atoms with Gasteiger partial charge in [-0.3, -0.25) is 9.48 Å². The van der Waals surface area contributed by atoms with Crippen molar-refractivity contribution in [3.05, 3.63) is 12.4 Å². The average molecular weight is 315 g/mol. The Morgan fingerprint density at radius 1 is 1.57 bits per heavy atom. The van der Waals surface area contributed by atoms with Gasteiger partial charge in [-0.05, 0) is 13.8 Å². The van der Waals surface area contributed by atoms with Crippen molar-refractivity contribution in [2.45, 2.75) is 30.8 Å². The molecule has 0 aliphatic carbocycles. The SMILES string of the molecule is CC(NS(=O)(=O)c1cnn(C)c1)C(=O)N1CCNC[C@@H]1C. The summed E-state index contributed by atoms with van der Waals surface area (Å²) >= 11 is 0. The van der Waals surface area contributed by atoms with Gasteiger partial charge in [0.1, 0.15) is 4.90 Å². The minimum atomic E-state index is -3.74. The minimum Gasteiger partial charge on any atom is -0.336 e. The molecule has 8 nitrogen and oxygen atoms in total. The van der Waals surface area contributed by atoms with Crippen molar-refractivity contribution in [3.8, 4) is 0 Å². The summed E-state index contributed by atoms with van der Waals surface area (Å²) < 4.78 is 28.2. The number of nitrogens with one attached hydrogen (secondary N) is 2. The lowest BCUT2D eigenvalue weighted by molar-refractivity contribution is -0.135. The molecule has 2 atom stereocenters. The third kappa shape index (κ3) is 3.60. The Hall–Kier alpha value is -1.45. The maximum absolute atomic E-state index is 12.4. The van der Waals surface area contributed by atoms with Crippen LogP contribution < -0.4 is 10.0 Å². The van der Waals surface area contributed by atoms with Crippen LogP contribution in [0.15, 0.2) is 17.3 Å². The monoisotopic (exact) mass is 315 g/mol. The molecule has 1 aliphatic rings. The Kier molecular flexibility index (Phi) is 4.64. The van der Waals surface area contributed by atoms with Gasteiger partial charge in [-0.15, -0.1) is 0 Å². The van der Waals surface area contributed by atoms with E-state index in [4.69, 9.17) is 0 Å². The van der Waals surface area contributed by atoms with Gasteiger partial charge < -0.3 is 10.2 Å². The summed E-state index contributed by atoms with van der Waals surface area (Å²) in [6, 6.07) is -0.757. The van der Waals surface area contributed by atoms with Crippen LogP contribution in [0.2, 0.25) is 0 Å². The van der Waals surface area contributed by atoms with E-state index in [1.807, 2.05) is 6.92 Å². The molecule has 0 radical (unpaired) electrons. The van der Waals surface area contributed by atoms with Crippen LogP contribution in [-0.4, -0.2) is 60.7 Å². The van der Waals surface area contributed by atoms with E-state index in [9.17, 15) is 13.2 Å². The predicted molar refractivity (Wildman–Crippen MR) is 77.0 cm³/mol. The molecule has 0 saturated carbocycles. The van der Waals surface area contributed by atoms with Gasteiger partial charge in [0, 0.05) is 38.9 Å². The summed E-state index contributed by atoms with van der Waals surface area (Å²) in [6.07, 6.45) is 2.65. The summed E-state index contributed by atoms with van der Waals surface area (Å²) in [5, 5.41) is 7.02. The van der Waals surface area contributed by atoms with E-state index in [2.05, 4.69) is 15.1 Å². The van der Waals surface area contributed by atoms with Crippen molar-refractivity contribution >= 4 is 15.9 Å². The van der Waals surface area contributed by atoms with E-state index in [0.29, 0.717) is 13.1 Å². The Labute approximate surface area is 124 Å². The van der Waals surface area contributed by atoms with Gasteiger partial charge in [0.25, 0.3) is 0 Å². The number of carbonyl (C=O) groups excluding carboxylic acids is 1. The van der Waals surface area contributed by atoms with Gasteiger partial charge in [-0.25, -0.2) is 8.42 Å². The van der Waals surface area contributed by atoms with Crippen LogP contribution in [-0.2, 0) is 21.9 Å². The average Bonchev–Trinajstić information content (AvgIpc) is 2.85. The first-order valence-corrected chi connectivity index (χ1v) is 8.32. The van der Waals surface area contributed by atoms with Crippen molar-refractivity contribution < 1.29 is 13.2 Å². The number of sulfonamides is 1. The number of hydrogen-bond acceptors (Lipinski definition) is 5. The Morgan fingerprint density at radius 3 is 2.86 bits per heavy atom. The van der Waals surface area contributed by atoms with E-state index >= 15 is 0 Å². The first kappa shape index (κ1) is 15.9. The molecule has 1 saturated heterocycles. The van der Waals surface area contributed by atoms with Crippen molar-refractivity contribution in [2.75, 3.05) is 19.6 Å². The number of piperazine rings is 1. The summed E-state index contributed by atoms with van der Waals surface area (Å²) in [4.78, 5) is 14.1. The van der Waals surface area contributed by atoms with E-state index in [1.54, 1.807) is 18.9 Å². The molecular formula is C12H21N5O3S. The Bertz CT molecular complexity index is 612. The van der Waals surface area contributed by atoms with E-state index in [1.165, 1.54) is 17.1 Å². The zero-order chi connectivity index (χ0) is 15.6. The third-order valence-electron chi connectivity index (χ3n) is 3.48. The molecule has 1 unspecified atom stereocenters. The number of nitrogens with zero attached hydrogens (tertiary/aromatic N) is 3. The third-order valence-corrected chi connectivity index (χ3v) is 4.97. The molecule has 118 valence electrons. The molecule has 21 heavy (non-hydrogen) atoms. The summed E-state index contributed by atoms with van der Waals surface area (Å²) in [5.74, 6) is -0.212. The molecule has 1 aliphatic heterocycles. The lowest BCUT2D eigenvalue weighted by Crippen LogP contribution is -2.57. The zero-order valence-corrected chi connectivity index (χ0v) is 13.2. The molecule has 0 bridgehead atoms. The fourth-order valence-electron chi connectivity index (χ4n) is 2.31. The highest BCUT2D eigenvalue weighted by Crippen LogP contribution is 2.10. The molecule has 1 fully saturated rings. The highest BCUT2D eigenvalue weighted by atomic mass is 32.2. The molecule has 9 heteroatoms. The van der Waals surface area contributed by atoms with Gasteiger partial charge in [-0.2, -0.15) is 9.82 Å². The van der Waals surface area contributed by atoms with Crippen LogP contribution >= 0.6 is 0 Å². The standard InChI is InChI=1S/C12H21N5O3S/c1-9-6-13-4-5-17(9)12(18)10(2)15-21(19,20)11-7-14-16(3)8-11/h7-10,13,15H,4-6H2,1-3H3/t9-,10?/m0/s1. The number of aryl methyl sites for hydroxylation is 1. The second-order valence-electron chi connectivity index (χ2n) is 5.28. The van der Waals surface area contributed by atoms with Crippen LogP contribution in [0.25, 0.3) is 0 Å². The molecule has 0 spiro atoms. The van der Waals surface area contributed by atoms with E-state index < -0.39 is 16.1 Å². The van der Waals surface area contributed by atoms with Crippen LogP contribution in [0, 0.1) is 0 Å². The highest BCUT2D eigenvalue weighted by molar-refractivity contribution is 7.89. The van der Waals surface area contributed by atoms with Gasteiger partial charge in [0.05, 0.1) is 12.2 Å². The summed E-state index contributed by atoms with van der Waals surface area (Å²) in [6.45, 7) is 5.52. The molecule has 1 aromatic heterocycles. The molecular weight excluding hydrogens is 294 g/mol. The van der Waals surface area contributed by atoms with Gasteiger partial charge in [0.2, 0.25) is 15.9 Å². The molecule has 1 amide bonds. The lowest BCUT2D eigenvalue weighted by Gasteiger charge is -2.35. The number of rotatable bonds is 4. The van der Waals surface area contributed by atoms with Crippen LogP contribution in [0.3, 0.4) is 0 Å². The predicted octanol–water partition coefficient (Wildman–Crippen LogP) is -1.09. The van der Waals surface area contributed by atoms with Gasteiger partial charge >= 0.3 is 0 Å². The zero-order valence-electron chi connectivity index (χ0n) is 12.4. The second-order valence-corrected chi connectivity index (χ2v) is 6.99. The first-order chi connectivity index (χ1) is 9.81. The fourth-order valence-corrected chi connectivity index (χ4v) is 3.49. The molecule has 0 aromatic carbocycles. The first-order valence-electron chi connectivity index (χ1n) is 6.83. The van der Waals surface area contributed by atoms with Crippen molar-refractivity contribution in [3.63, 3.8) is 0 Å². The maximum atomic E-state index is 12.4. The highest BCUT2D eigenvalue weighted by Gasteiger charge is 2.30. The topological polar surface area (TPSA) is 96.3 Å². The smallest absolute Gasteiger partial charge is 0.244 e. The van der Waals surface area contributed by atoms with Crippen molar-refractivity contribution in [1.29, 1.82) is 0 Å². The molecule has 2 heterocycles. The molecule has 2 N–H and O–H groups in total. The number of aromatic nitrogens is 2. The largest absolute Gasteiger partial charge is 0.336 e. The second kappa shape index (κ2) is 6.12. The minimum absolute atomic E-state index is 0.0524. The normalized spacial score (nSPS) is 21.3. The van der Waals surface area contributed by atoms with Crippen LogP contribution in [0.4, 0.5) is 0 Å². The maximum Gasteiger partial charge on any atom is 0.244 e. The number of carbonyl (C=O) groups is 1. The Balaban J connectivity index is 2.06. The summed E-state index contributed by atoms with van der Waals surface area (Å²) in [5.41, 5.74) is 0. The van der Waals surface area contributed by atoms with Crippen LogP contribution in [0.1, 0.15) is 13.8 Å². The number of hydrogen-bond donors (Lipinski definition) is 2. The van der Waals surface area contributed by atoms with Gasteiger partial charge in [0.15, 0.2) is 0 Å². The van der Waals surface area contributed by atoms with Crippen LogP contribution in [0.5, 0.6) is 0 Å². The fraction of sp³-hybridized carbons (Fsp3) is 0.667. The quantitative estimate of drug-likeness (QED) is 0.736. The summed E-state index contributed by atoms with van der Waals surface area (Å²) in [7, 11) is -2.10. The number of amides is 1. The lowest BCUT2D eigenvalue weighted by atomic mass is 10.2. The molecule has 1 aromatic rings. The molecule has 2 rings (SSSR count). The Morgan fingerprint density at radius 2 is 2.29 bits per heavy atom. The van der Waals surface area contributed by atoms with Crippen molar-refractivity contribution in [2.24, 2.45) is 7.05 Å². The van der Waals surface area contributed by atoms with E-state index in [-0.39, 0.29) is 16.8 Å². The van der Waals surface area contributed by atoms with Crippen molar-refractivity contribution in [1.82, 2.24) is 24.7 Å². The van der Waals surface area contributed by atoms with Gasteiger partial charge in [-0.1, -0.05) is 0 Å².